The summed E-state index contributed by atoms with van der Waals surface area (Å²) in [5, 5.41) is 2.73. The highest BCUT2D eigenvalue weighted by molar-refractivity contribution is 9.10. The summed E-state index contributed by atoms with van der Waals surface area (Å²) in [4.78, 5) is 22.5. The second-order valence-electron chi connectivity index (χ2n) is 8.98. The van der Waals surface area contributed by atoms with E-state index in [9.17, 15) is 4.79 Å². The highest BCUT2D eigenvalue weighted by Gasteiger charge is 2.38. The van der Waals surface area contributed by atoms with Crippen molar-refractivity contribution in [3.05, 3.63) is 51.8 Å². The average molecular weight is 491 g/mol. The Labute approximate surface area is 189 Å². The first-order valence-electron chi connectivity index (χ1n) is 10.1. The molecule has 5 nitrogen and oxygen atoms in total. The SMILES string of the molecule is CC1C[C@@H](c2nc(-c3ccc4cc(Br)ccc4c3)c(Cl)[nH]2)N(C(=O)OC(C)(C)C)C1. The summed E-state index contributed by atoms with van der Waals surface area (Å²) in [5.41, 5.74) is 1.09. The second kappa shape index (κ2) is 7.89. The highest BCUT2D eigenvalue weighted by atomic mass is 79.9. The molecule has 2 heterocycles. The first-order chi connectivity index (χ1) is 14.1. The van der Waals surface area contributed by atoms with Crippen LogP contribution >= 0.6 is 27.5 Å². The fraction of sp³-hybridized carbons (Fsp3) is 0.391. The lowest BCUT2D eigenvalue weighted by Gasteiger charge is -2.27. The number of aromatic nitrogens is 2. The van der Waals surface area contributed by atoms with Crippen LogP contribution < -0.4 is 0 Å². The lowest BCUT2D eigenvalue weighted by atomic mass is 10.1. The number of fused-ring (bicyclic) bond motifs is 1. The van der Waals surface area contributed by atoms with E-state index in [1.165, 1.54) is 0 Å². The summed E-state index contributed by atoms with van der Waals surface area (Å²) in [5.74, 6) is 1.05. The molecule has 2 atom stereocenters. The van der Waals surface area contributed by atoms with Gasteiger partial charge in [0.1, 0.15) is 22.3 Å². The topological polar surface area (TPSA) is 58.2 Å². The molecule has 3 aromatic rings. The summed E-state index contributed by atoms with van der Waals surface area (Å²) in [6, 6.07) is 12.1. The zero-order chi connectivity index (χ0) is 21.6. The molecule has 1 aliphatic rings. The third-order valence-corrected chi connectivity index (χ3v) is 5.97. The van der Waals surface area contributed by atoms with Gasteiger partial charge in [0.05, 0.1) is 6.04 Å². The van der Waals surface area contributed by atoms with E-state index in [1.807, 2.05) is 32.9 Å². The minimum atomic E-state index is -0.542. The van der Waals surface area contributed by atoms with Crippen LogP contribution in [0.4, 0.5) is 4.79 Å². The summed E-state index contributed by atoms with van der Waals surface area (Å²) in [6.45, 7) is 8.39. The van der Waals surface area contributed by atoms with Gasteiger partial charge in [-0.1, -0.05) is 52.7 Å². The number of imidazole rings is 1. The molecule has 1 unspecified atom stereocenters. The van der Waals surface area contributed by atoms with Gasteiger partial charge in [0.2, 0.25) is 0 Å². The van der Waals surface area contributed by atoms with Gasteiger partial charge in [0.15, 0.2) is 0 Å². The van der Waals surface area contributed by atoms with Crippen LogP contribution in [0.2, 0.25) is 5.15 Å². The Morgan fingerprint density at radius 2 is 1.93 bits per heavy atom. The normalized spacial score (nSPS) is 19.5. The number of likely N-dealkylation sites (tertiary alicyclic amines) is 1. The van der Waals surface area contributed by atoms with Crippen LogP contribution in [0.15, 0.2) is 40.9 Å². The number of carbonyl (C=O) groups is 1. The molecule has 1 N–H and O–H groups in total. The number of halogens is 2. The minimum absolute atomic E-state index is 0.183. The van der Waals surface area contributed by atoms with Crippen LogP contribution in [0.25, 0.3) is 22.0 Å². The first-order valence-corrected chi connectivity index (χ1v) is 11.2. The second-order valence-corrected chi connectivity index (χ2v) is 10.3. The molecule has 0 aliphatic carbocycles. The number of hydrogen-bond donors (Lipinski definition) is 1. The molecule has 30 heavy (non-hydrogen) atoms. The van der Waals surface area contributed by atoms with Crippen LogP contribution in [-0.2, 0) is 4.74 Å². The Hall–Kier alpha value is -2.05. The van der Waals surface area contributed by atoms with Gasteiger partial charge in [0.25, 0.3) is 0 Å². The summed E-state index contributed by atoms with van der Waals surface area (Å²) >= 11 is 10.1. The Bertz CT molecular complexity index is 1110. The van der Waals surface area contributed by atoms with Crippen molar-refractivity contribution in [3.8, 4) is 11.3 Å². The van der Waals surface area contributed by atoms with Crippen molar-refractivity contribution in [1.82, 2.24) is 14.9 Å². The van der Waals surface area contributed by atoms with E-state index in [2.05, 4.69) is 52.1 Å². The van der Waals surface area contributed by atoms with Crippen molar-refractivity contribution < 1.29 is 9.53 Å². The molecule has 0 bridgehead atoms. The van der Waals surface area contributed by atoms with Crippen molar-refractivity contribution in [2.24, 2.45) is 5.92 Å². The summed E-state index contributed by atoms with van der Waals surface area (Å²) in [6.07, 6.45) is 0.496. The molecule has 0 spiro atoms. The first kappa shape index (κ1) is 21.2. The third-order valence-electron chi connectivity index (χ3n) is 5.21. The van der Waals surface area contributed by atoms with E-state index in [0.717, 1.165) is 27.2 Å². The van der Waals surface area contributed by atoms with Gasteiger partial charge in [-0.25, -0.2) is 9.78 Å². The number of nitrogens with one attached hydrogen (secondary N) is 1. The lowest BCUT2D eigenvalue weighted by molar-refractivity contribution is 0.0214. The van der Waals surface area contributed by atoms with Crippen LogP contribution in [0.1, 0.15) is 46.0 Å². The predicted octanol–water partition coefficient (Wildman–Crippen LogP) is 6.96. The maximum atomic E-state index is 12.8. The van der Waals surface area contributed by atoms with Crippen molar-refractivity contribution in [2.45, 2.75) is 45.8 Å². The third kappa shape index (κ3) is 4.35. The Morgan fingerprint density at radius 1 is 1.23 bits per heavy atom. The summed E-state index contributed by atoms with van der Waals surface area (Å²) in [7, 11) is 0. The minimum Gasteiger partial charge on any atom is -0.444 e. The van der Waals surface area contributed by atoms with E-state index >= 15 is 0 Å². The van der Waals surface area contributed by atoms with E-state index < -0.39 is 5.60 Å². The number of H-pyrrole nitrogens is 1. The van der Waals surface area contributed by atoms with Crippen LogP contribution in [0.3, 0.4) is 0 Å². The zero-order valence-electron chi connectivity index (χ0n) is 17.5. The fourth-order valence-electron chi connectivity index (χ4n) is 3.91. The van der Waals surface area contributed by atoms with Gasteiger partial charge >= 0.3 is 6.09 Å². The van der Waals surface area contributed by atoms with Crippen molar-refractivity contribution in [3.63, 3.8) is 0 Å². The van der Waals surface area contributed by atoms with Crippen LogP contribution in [0, 0.1) is 5.92 Å². The van der Waals surface area contributed by atoms with Gasteiger partial charge in [-0.3, -0.25) is 4.90 Å². The molecule has 1 aliphatic heterocycles. The lowest BCUT2D eigenvalue weighted by Crippen LogP contribution is -2.37. The number of ether oxygens (including phenoxy) is 1. The van der Waals surface area contributed by atoms with E-state index in [0.29, 0.717) is 29.1 Å². The van der Waals surface area contributed by atoms with E-state index in [-0.39, 0.29) is 12.1 Å². The number of aromatic amines is 1. The molecule has 1 fully saturated rings. The fourth-order valence-corrected chi connectivity index (χ4v) is 4.54. The van der Waals surface area contributed by atoms with Crippen molar-refractivity contribution in [2.75, 3.05) is 6.54 Å². The van der Waals surface area contributed by atoms with Gasteiger partial charge in [-0.05, 0) is 62.1 Å². The summed E-state index contributed by atoms with van der Waals surface area (Å²) < 4.78 is 6.65. The molecule has 1 saturated heterocycles. The quantitative estimate of drug-likeness (QED) is 0.422. The smallest absolute Gasteiger partial charge is 0.410 e. The van der Waals surface area contributed by atoms with Crippen LogP contribution in [0.5, 0.6) is 0 Å². The van der Waals surface area contributed by atoms with Crippen LogP contribution in [-0.4, -0.2) is 33.1 Å². The molecule has 2 aromatic carbocycles. The standard InChI is InChI=1S/C23H25BrClN3O2/c1-13-9-18(28(12-13)22(29)30-23(2,3)4)21-26-19(20(25)27-21)16-6-5-15-11-17(24)8-7-14(15)10-16/h5-8,10-11,13,18H,9,12H2,1-4H3,(H,26,27)/t13?,18-/m0/s1. The molecule has 0 radical (unpaired) electrons. The maximum Gasteiger partial charge on any atom is 0.410 e. The highest BCUT2D eigenvalue weighted by Crippen LogP contribution is 2.38. The molecular weight excluding hydrogens is 466 g/mol. The van der Waals surface area contributed by atoms with Gasteiger partial charge < -0.3 is 9.72 Å². The largest absolute Gasteiger partial charge is 0.444 e. The Kier molecular flexibility index (Phi) is 5.58. The van der Waals surface area contributed by atoms with Gasteiger partial charge in [-0.2, -0.15) is 0 Å². The van der Waals surface area contributed by atoms with E-state index in [1.54, 1.807) is 4.90 Å². The Balaban J connectivity index is 1.66. The van der Waals surface area contributed by atoms with Crippen molar-refractivity contribution in [1.29, 1.82) is 0 Å². The van der Waals surface area contributed by atoms with Crippen molar-refractivity contribution >= 4 is 44.4 Å². The van der Waals surface area contributed by atoms with Gasteiger partial charge in [0, 0.05) is 16.6 Å². The molecule has 158 valence electrons. The number of rotatable bonds is 2. The molecule has 4 rings (SSSR count). The number of amides is 1. The molecular formula is C23H25BrClN3O2. The number of carbonyl (C=O) groups excluding carboxylic acids is 1. The molecule has 1 amide bonds. The predicted molar refractivity (Wildman–Crippen MR) is 124 cm³/mol. The Morgan fingerprint density at radius 3 is 2.67 bits per heavy atom. The average Bonchev–Trinajstić information content (AvgIpc) is 3.22. The molecule has 0 saturated carbocycles. The molecule has 7 heteroatoms. The van der Waals surface area contributed by atoms with Gasteiger partial charge in [-0.15, -0.1) is 0 Å². The number of nitrogens with zero attached hydrogens (tertiary/aromatic N) is 2. The monoisotopic (exact) mass is 489 g/mol. The van der Waals surface area contributed by atoms with E-state index in [4.69, 9.17) is 21.3 Å². The number of benzene rings is 2. The maximum absolute atomic E-state index is 12.8. The number of hydrogen-bond acceptors (Lipinski definition) is 3. The molecule has 1 aromatic heterocycles. The zero-order valence-corrected chi connectivity index (χ0v) is 19.8.